The summed E-state index contributed by atoms with van der Waals surface area (Å²) in [4.78, 5) is 30.4. The summed E-state index contributed by atoms with van der Waals surface area (Å²) in [5, 5.41) is 9.06. The van der Waals surface area contributed by atoms with Crippen molar-refractivity contribution >= 4 is 17.5 Å². The van der Waals surface area contributed by atoms with Crippen molar-refractivity contribution in [3.63, 3.8) is 0 Å². The van der Waals surface area contributed by atoms with E-state index < -0.39 is 5.97 Å². The molecule has 0 bridgehead atoms. The monoisotopic (exact) mass is 523 g/mol. The number of hydrogen-bond acceptors (Lipinski definition) is 3. The van der Waals surface area contributed by atoms with Crippen molar-refractivity contribution in [1.82, 2.24) is 14.3 Å². The molecule has 39 heavy (non-hydrogen) atoms. The van der Waals surface area contributed by atoms with E-state index in [2.05, 4.69) is 67.4 Å². The topological polar surface area (TPSA) is 74.9 Å². The second kappa shape index (κ2) is 11.4. The molecule has 6 nitrogen and oxygen atoms in total. The van der Waals surface area contributed by atoms with Crippen LogP contribution in [-0.2, 0) is 11.3 Å². The second-order valence-corrected chi connectivity index (χ2v) is 11.3. The van der Waals surface area contributed by atoms with Crippen LogP contribution < -0.4 is 0 Å². The molecule has 6 heteroatoms. The Morgan fingerprint density at radius 2 is 1.59 bits per heavy atom. The van der Waals surface area contributed by atoms with Gasteiger partial charge in [0.15, 0.2) is 0 Å². The van der Waals surface area contributed by atoms with E-state index in [4.69, 9.17) is 5.11 Å². The Kier molecular flexibility index (Phi) is 7.82. The van der Waals surface area contributed by atoms with Crippen LogP contribution in [0.5, 0.6) is 0 Å². The molecule has 0 saturated heterocycles. The smallest absolute Gasteiger partial charge is 0.303 e. The number of pyridine rings is 1. The molecule has 1 aliphatic carbocycles. The summed E-state index contributed by atoms with van der Waals surface area (Å²) in [5.41, 5.74) is 7.06. The zero-order chi connectivity index (χ0) is 27.5. The summed E-state index contributed by atoms with van der Waals surface area (Å²) < 4.78 is 1.92. The van der Waals surface area contributed by atoms with Crippen LogP contribution in [0.25, 0.3) is 16.8 Å². The number of nitrogens with zero attached hydrogens (tertiary/aromatic N) is 3. The average Bonchev–Trinajstić information content (AvgIpc) is 3.36. The summed E-state index contributed by atoms with van der Waals surface area (Å²) in [7, 11) is 1.81. The van der Waals surface area contributed by atoms with Crippen LogP contribution in [0.15, 0.2) is 73.1 Å². The van der Waals surface area contributed by atoms with E-state index in [9.17, 15) is 9.59 Å². The first kappa shape index (κ1) is 26.7. The Hall–Kier alpha value is -3.93. The van der Waals surface area contributed by atoms with Crippen LogP contribution in [0.4, 0.5) is 0 Å². The fourth-order valence-corrected chi connectivity index (χ4v) is 5.71. The summed E-state index contributed by atoms with van der Waals surface area (Å²) in [6.07, 6.45) is 8.19. The quantitative estimate of drug-likeness (QED) is 0.266. The number of aliphatic carboxylic acids is 1. The minimum absolute atomic E-state index is 0.101. The van der Waals surface area contributed by atoms with Crippen molar-refractivity contribution in [1.29, 1.82) is 0 Å². The maximum Gasteiger partial charge on any atom is 0.303 e. The fraction of sp³-hybridized carbons (Fsp3) is 0.364. The molecule has 4 aromatic rings. The van der Waals surface area contributed by atoms with Crippen molar-refractivity contribution < 1.29 is 14.7 Å². The molecular weight excluding hydrogens is 486 g/mol. The number of aromatic nitrogens is 2. The molecule has 0 aliphatic heterocycles. The number of benzene rings is 2. The molecule has 1 amide bonds. The molecule has 0 spiro atoms. The van der Waals surface area contributed by atoms with Gasteiger partial charge in [-0.2, -0.15) is 0 Å². The van der Waals surface area contributed by atoms with Crippen LogP contribution in [-0.4, -0.2) is 38.3 Å². The molecule has 1 fully saturated rings. The SMILES string of the molecule is CC(C)c1ccc(CN(C)C(=O)c2cn3cc(-c4ccc([C@H]5CC[C@H](CC(=O)O)CC5)cc4)ccc3n2)cc1. The average molecular weight is 524 g/mol. The van der Waals surface area contributed by atoms with Crippen molar-refractivity contribution in [3.05, 3.63) is 95.4 Å². The first-order valence-electron chi connectivity index (χ1n) is 13.9. The number of carboxylic acids is 1. The van der Waals surface area contributed by atoms with Crippen LogP contribution >= 0.6 is 0 Å². The number of imidazole rings is 1. The lowest BCUT2D eigenvalue weighted by molar-refractivity contribution is -0.138. The van der Waals surface area contributed by atoms with Gasteiger partial charge in [-0.1, -0.05) is 62.4 Å². The third kappa shape index (κ3) is 6.22. The van der Waals surface area contributed by atoms with Crippen molar-refractivity contribution in [2.24, 2.45) is 5.92 Å². The summed E-state index contributed by atoms with van der Waals surface area (Å²) in [5.74, 6) is 0.506. The van der Waals surface area contributed by atoms with E-state index >= 15 is 0 Å². The lowest BCUT2D eigenvalue weighted by atomic mass is 9.77. The predicted molar refractivity (Wildman–Crippen MR) is 154 cm³/mol. The highest BCUT2D eigenvalue weighted by Gasteiger charge is 2.24. The molecule has 1 aliphatic rings. The number of carbonyl (C=O) groups is 2. The van der Waals surface area contributed by atoms with Crippen molar-refractivity contribution in [2.75, 3.05) is 7.05 Å². The van der Waals surface area contributed by atoms with E-state index in [1.165, 1.54) is 11.1 Å². The number of hydrogen-bond donors (Lipinski definition) is 1. The first-order valence-corrected chi connectivity index (χ1v) is 13.9. The minimum Gasteiger partial charge on any atom is -0.481 e. The second-order valence-electron chi connectivity index (χ2n) is 11.3. The molecule has 1 N–H and O–H groups in total. The Morgan fingerprint density at radius 1 is 0.923 bits per heavy atom. The van der Waals surface area contributed by atoms with E-state index in [0.717, 1.165) is 48.0 Å². The summed E-state index contributed by atoms with van der Waals surface area (Å²) in [6.45, 7) is 4.88. The molecule has 2 heterocycles. The number of carbonyl (C=O) groups excluding carboxylic acids is 1. The van der Waals surface area contributed by atoms with E-state index in [0.29, 0.717) is 30.0 Å². The van der Waals surface area contributed by atoms with Crippen LogP contribution in [0, 0.1) is 5.92 Å². The Balaban J connectivity index is 1.24. The highest BCUT2D eigenvalue weighted by atomic mass is 16.4. The van der Waals surface area contributed by atoms with Gasteiger partial charge in [0.1, 0.15) is 11.3 Å². The lowest BCUT2D eigenvalue weighted by Crippen LogP contribution is -2.26. The predicted octanol–water partition coefficient (Wildman–Crippen LogP) is 7.15. The fourth-order valence-electron chi connectivity index (χ4n) is 5.71. The summed E-state index contributed by atoms with van der Waals surface area (Å²) in [6, 6.07) is 21.1. The Morgan fingerprint density at radius 3 is 2.23 bits per heavy atom. The van der Waals surface area contributed by atoms with E-state index in [1.807, 2.05) is 36.0 Å². The molecule has 0 radical (unpaired) electrons. The molecule has 0 atom stereocenters. The largest absolute Gasteiger partial charge is 0.481 e. The van der Waals surface area contributed by atoms with Crippen LogP contribution in [0.1, 0.15) is 85.0 Å². The molecule has 1 saturated carbocycles. The van der Waals surface area contributed by atoms with Gasteiger partial charge in [0, 0.05) is 32.4 Å². The van der Waals surface area contributed by atoms with Crippen LogP contribution in [0.2, 0.25) is 0 Å². The highest BCUT2D eigenvalue weighted by Crippen LogP contribution is 2.37. The normalized spacial score (nSPS) is 17.4. The molecule has 202 valence electrons. The minimum atomic E-state index is -0.687. The van der Waals surface area contributed by atoms with Gasteiger partial charge < -0.3 is 14.4 Å². The first-order chi connectivity index (χ1) is 18.8. The van der Waals surface area contributed by atoms with Crippen molar-refractivity contribution in [2.45, 2.75) is 64.3 Å². The zero-order valence-electron chi connectivity index (χ0n) is 23.0. The maximum absolute atomic E-state index is 13.1. The van der Waals surface area contributed by atoms with Gasteiger partial charge in [-0.15, -0.1) is 0 Å². The van der Waals surface area contributed by atoms with Gasteiger partial charge in [-0.25, -0.2) is 4.98 Å². The molecule has 0 unspecified atom stereocenters. The third-order valence-electron chi connectivity index (χ3n) is 8.11. The standard InChI is InChI=1S/C33H37N3O3/c1-22(2)25-8-6-24(7-9-25)19-35(3)33(39)30-21-36-20-29(16-17-31(36)34-30)28-14-12-27(13-15-28)26-10-4-23(5-11-26)18-32(37)38/h6-9,12-17,20-23,26H,4-5,10-11,18-19H2,1-3H3,(H,37,38)/t23-,26-. The number of fused-ring (bicyclic) bond motifs is 1. The molecule has 2 aromatic carbocycles. The number of amides is 1. The van der Waals surface area contributed by atoms with E-state index in [-0.39, 0.29) is 12.3 Å². The van der Waals surface area contributed by atoms with Gasteiger partial charge >= 0.3 is 5.97 Å². The Bertz CT molecular complexity index is 1450. The highest BCUT2D eigenvalue weighted by molar-refractivity contribution is 5.92. The Labute approximate surface area is 230 Å². The van der Waals surface area contributed by atoms with Gasteiger partial charge in [0.25, 0.3) is 5.91 Å². The lowest BCUT2D eigenvalue weighted by Gasteiger charge is -2.28. The van der Waals surface area contributed by atoms with Crippen LogP contribution in [0.3, 0.4) is 0 Å². The third-order valence-corrected chi connectivity index (χ3v) is 8.11. The molecule has 5 rings (SSSR count). The van der Waals surface area contributed by atoms with E-state index in [1.54, 1.807) is 4.90 Å². The molecule has 2 aromatic heterocycles. The number of carboxylic acid groups (broad SMARTS) is 1. The van der Waals surface area contributed by atoms with Gasteiger partial charge in [0.2, 0.25) is 0 Å². The van der Waals surface area contributed by atoms with Crippen molar-refractivity contribution in [3.8, 4) is 11.1 Å². The van der Waals surface area contributed by atoms with Gasteiger partial charge in [0.05, 0.1) is 0 Å². The number of rotatable bonds is 8. The zero-order valence-corrected chi connectivity index (χ0v) is 23.0. The summed E-state index contributed by atoms with van der Waals surface area (Å²) >= 11 is 0. The van der Waals surface area contributed by atoms with Gasteiger partial charge in [-0.3, -0.25) is 9.59 Å². The van der Waals surface area contributed by atoms with Gasteiger partial charge in [-0.05, 0) is 83.4 Å². The molecular formula is C33H37N3O3. The maximum atomic E-state index is 13.1.